The molecule has 0 aliphatic carbocycles. The zero-order chi connectivity index (χ0) is 29.1. The Balaban J connectivity index is 1.41. The molecule has 1 saturated heterocycles. The first-order valence-corrected chi connectivity index (χ1v) is 14.4. The number of hydrogen-bond acceptors (Lipinski definition) is 8. The molecule has 0 atom stereocenters. The lowest BCUT2D eigenvalue weighted by atomic mass is 10.1. The van der Waals surface area contributed by atoms with Crippen molar-refractivity contribution in [2.24, 2.45) is 0 Å². The highest BCUT2D eigenvalue weighted by Crippen LogP contribution is 2.46. The van der Waals surface area contributed by atoms with E-state index in [-0.39, 0.29) is 72.5 Å². The van der Waals surface area contributed by atoms with Gasteiger partial charge in [-0.05, 0) is 43.7 Å². The van der Waals surface area contributed by atoms with Crippen LogP contribution in [0.4, 0.5) is 14.0 Å². The van der Waals surface area contributed by atoms with Gasteiger partial charge in [-0.2, -0.15) is 0 Å². The molecule has 0 radical (unpaired) electrons. The van der Waals surface area contributed by atoms with E-state index in [4.69, 9.17) is 13.8 Å². The van der Waals surface area contributed by atoms with Crippen LogP contribution >= 0.6 is 8.38 Å². The van der Waals surface area contributed by atoms with Crippen molar-refractivity contribution in [2.75, 3.05) is 39.4 Å². The third-order valence-corrected chi connectivity index (χ3v) is 8.30. The van der Waals surface area contributed by atoms with Crippen molar-refractivity contribution in [3.05, 3.63) is 60.2 Å². The summed E-state index contributed by atoms with van der Waals surface area (Å²) < 4.78 is 31.7. The van der Waals surface area contributed by atoms with Crippen LogP contribution in [0.5, 0.6) is 17.4 Å². The Kier molecular flexibility index (Phi) is 8.53. The maximum atomic E-state index is 13.4. The van der Waals surface area contributed by atoms with Crippen LogP contribution in [-0.4, -0.2) is 80.7 Å². The minimum Gasteiger partial charge on any atom is -0.505 e. The number of hydrogen-bond donors (Lipinski definition) is 2. The van der Waals surface area contributed by atoms with Crippen molar-refractivity contribution in [1.29, 1.82) is 0 Å². The molecule has 1 aliphatic rings. The molecular weight excluding hydrogens is 554 g/mol. The van der Waals surface area contributed by atoms with Crippen molar-refractivity contribution in [3.8, 4) is 17.4 Å². The van der Waals surface area contributed by atoms with Gasteiger partial charge in [0.1, 0.15) is 11.3 Å². The maximum absolute atomic E-state index is 13.4. The molecular formula is C28H30FN4O7P. The number of aromatic hydroxyl groups is 2. The van der Waals surface area contributed by atoms with Gasteiger partial charge in [-0.25, -0.2) is 9.18 Å². The van der Waals surface area contributed by atoms with Gasteiger partial charge in [-0.15, -0.1) is 0 Å². The number of phenols is 1. The van der Waals surface area contributed by atoms with Gasteiger partial charge in [0, 0.05) is 44.0 Å². The number of carbonyl (C=O) groups is 2. The van der Waals surface area contributed by atoms with Crippen molar-refractivity contribution >= 4 is 41.8 Å². The maximum Gasteiger partial charge on any atom is 0.415 e. The summed E-state index contributed by atoms with van der Waals surface area (Å²) in [6.45, 7) is 5.53. The molecule has 2 N–H and O–H groups in total. The Morgan fingerprint density at radius 1 is 0.976 bits per heavy atom. The largest absolute Gasteiger partial charge is 0.505 e. The summed E-state index contributed by atoms with van der Waals surface area (Å²) in [5.74, 6) is -0.750. The molecule has 1 fully saturated rings. The second kappa shape index (κ2) is 12.3. The van der Waals surface area contributed by atoms with Crippen LogP contribution in [0.3, 0.4) is 0 Å². The van der Waals surface area contributed by atoms with Crippen LogP contribution in [0.25, 0.3) is 21.7 Å². The fourth-order valence-corrected chi connectivity index (χ4v) is 5.93. The van der Waals surface area contributed by atoms with Gasteiger partial charge in [-0.1, -0.05) is 12.1 Å². The third kappa shape index (κ3) is 5.76. The normalized spacial score (nSPS) is 13.9. The summed E-state index contributed by atoms with van der Waals surface area (Å²) >= 11 is 0. The van der Waals surface area contributed by atoms with Crippen LogP contribution in [0.2, 0.25) is 0 Å². The molecule has 2 amide bonds. The van der Waals surface area contributed by atoms with Gasteiger partial charge >= 0.3 is 11.7 Å². The zero-order valence-electron chi connectivity index (χ0n) is 22.6. The van der Waals surface area contributed by atoms with E-state index in [1.165, 1.54) is 27.8 Å². The van der Waals surface area contributed by atoms with Crippen molar-refractivity contribution in [2.45, 2.75) is 20.4 Å². The highest BCUT2D eigenvalue weighted by Gasteiger charge is 2.32. The van der Waals surface area contributed by atoms with Crippen LogP contribution in [-0.2, 0) is 15.6 Å². The number of rotatable bonds is 8. The summed E-state index contributed by atoms with van der Waals surface area (Å²) in [7, 11) is -1.70. The number of piperazine rings is 1. The van der Waals surface area contributed by atoms with Gasteiger partial charge in [0.2, 0.25) is 5.88 Å². The molecule has 11 nitrogen and oxygen atoms in total. The Hall–Kier alpha value is -3.99. The quantitative estimate of drug-likeness (QED) is 0.263. The Labute approximate surface area is 236 Å². The highest BCUT2D eigenvalue weighted by atomic mass is 31.2. The van der Waals surface area contributed by atoms with E-state index in [1.807, 2.05) is 0 Å². The zero-order valence-corrected chi connectivity index (χ0v) is 23.5. The minimum absolute atomic E-state index is 0.0803. The molecule has 13 heteroatoms. The van der Waals surface area contributed by atoms with Crippen LogP contribution in [0.15, 0.2) is 48.8 Å². The summed E-state index contributed by atoms with van der Waals surface area (Å²) in [6.07, 6.45) is 2.42. The van der Waals surface area contributed by atoms with E-state index in [1.54, 1.807) is 49.2 Å². The second-order valence-corrected chi connectivity index (χ2v) is 10.7. The number of aromatic nitrogens is 2. The smallest absolute Gasteiger partial charge is 0.415 e. The highest BCUT2D eigenvalue weighted by molar-refractivity contribution is 7.65. The number of nitrogens with zero attached hydrogens (tertiary/aromatic N) is 4. The Bertz CT molecular complexity index is 1570. The lowest BCUT2D eigenvalue weighted by Gasteiger charge is -2.35. The predicted molar refractivity (Wildman–Crippen MR) is 151 cm³/mol. The molecule has 41 heavy (non-hydrogen) atoms. The average Bonchev–Trinajstić information content (AvgIpc) is 3.31. The molecule has 2 aromatic carbocycles. The molecule has 0 saturated carbocycles. The molecule has 1 aliphatic heterocycles. The molecule has 0 unspecified atom stereocenters. The average molecular weight is 585 g/mol. The first-order valence-electron chi connectivity index (χ1n) is 13.2. The first kappa shape index (κ1) is 28.5. The van der Waals surface area contributed by atoms with Gasteiger partial charge < -0.3 is 38.4 Å². The third-order valence-electron chi connectivity index (χ3n) is 6.72. The van der Waals surface area contributed by atoms with Gasteiger partial charge in [-0.3, -0.25) is 9.78 Å². The Morgan fingerprint density at radius 3 is 2.29 bits per heavy atom. The van der Waals surface area contributed by atoms with Crippen molar-refractivity contribution < 1.29 is 38.0 Å². The summed E-state index contributed by atoms with van der Waals surface area (Å²) in [5, 5.41) is 22.8. The number of carbonyl (C=O) groups excluding carboxylic acids is 2. The van der Waals surface area contributed by atoms with Crippen LogP contribution < -0.4 is 4.74 Å². The van der Waals surface area contributed by atoms with E-state index >= 15 is 0 Å². The lowest BCUT2D eigenvalue weighted by molar-refractivity contribution is 0.121. The van der Waals surface area contributed by atoms with E-state index < -0.39 is 14.5 Å². The second-order valence-electron chi connectivity index (χ2n) is 9.29. The van der Waals surface area contributed by atoms with E-state index in [0.29, 0.717) is 29.5 Å². The number of pyridine rings is 1. The van der Waals surface area contributed by atoms with Crippen LogP contribution in [0, 0.1) is 5.82 Å². The molecule has 2 aromatic heterocycles. The number of halogens is 1. The standard InChI is InChI=1S/C28H30FN4O7P/c1-3-38-41(39-4-2)28(37)32-14-12-31(13-15-32)27(36)40-25-20-6-5-11-30-23(20)24(34)22-21(25)17-33(26(22)35)16-18-7-9-19(29)10-8-18/h5-11,17,34-35H,3-4,12-16H2,1-2H3. The van der Waals surface area contributed by atoms with Crippen LogP contribution in [0.1, 0.15) is 19.4 Å². The topological polar surface area (TPSA) is 127 Å². The number of phenolic OH excluding ortho intramolecular Hbond substituents is 1. The number of fused-ring (bicyclic) bond motifs is 2. The van der Waals surface area contributed by atoms with E-state index in [0.717, 1.165) is 0 Å². The summed E-state index contributed by atoms with van der Waals surface area (Å²) in [4.78, 5) is 33.5. The van der Waals surface area contributed by atoms with Gasteiger partial charge in [0.05, 0.1) is 30.5 Å². The Morgan fingerprint density at radius 2 is 1.63 bits per heavy atom. The number of benzene rings is 2. The molecule has 4 aromatic rings. The molecule has 216 valence electrons. The minimum atomic E-state index is -1.70. The molecule has 5 rings (SSSR count). The fraction of sp³-hybridized carbons (Fsp3) is 0.321. The van der Waals surface area contributed by atoms with E-state index in [2.05, 4.69) is 4.98 Å². The first-order chi connectivity index (χ1) is 19.8. The van der Waals surface area contributed by atoms with Gasteiger partial charge in [0.15, 0.2) is 11.5 Å². The summed E-state index contributed by atoms with van der Waals surface area (Å²) in [6, 6.07) is 9.14. The van der Waals surface area contributed by atoms with Crippen molar-refractivity contribution in [1.82, 2.24) is 19.4 Å². The lowest BCUT2D eigenvalue weighted by Crippen LogP contribution is -2.50. The fourth-order valence-electron chi connectivity index (χ4n) is 4.74. The van der Waals surface area contributed by atoms with E-state index in [9.17, 15) is 24.2 Å². The summed E-state index contributed by atoms with van der Waals surface area (Å²) in [5.41, 5.74) is 0.646. The van der Waals surface area contributed by atoms with Crippen molar-refractivity contribution in [3.63, 3.8) is 0 Å². The molecule has 3 heterocycles. The number of ether oxygens (including phenoxy) is 1. The number of amides is 2. The monoisotopic (exact) mass is 584 g/mol. The van der Waals surface area contributed by atoms with Gasteiger partial charge in [0.25, 0.3) is 8.38 Å². The predicted octanol–water partition coefficient (Wildman–Crippen LogP) is 5.41. The SMILES string of the molecule is CCOP(OCC)C(=O)N1CCN(C(=O)Oc2c3cccnc3c(O)c3c(O)n(Cc4ccc(F)cc4)cc23)CC1. The molecule has 0 bridgehead atoms. The molecule has 0 spiro atoms.